The second kappa shape index (κ2) is 8.44. The molecule has 4 rings (SSSR count). The summed E-state index contributed by atoms with van der Waals surface area (Å²) in [5, 5.41) is 11.3. The van der Waals surface area contributed by atoms with Crippen LogP contribution in [0.4, 0.5) is 0 Å². The smallest absolute Gasteiger partial charge is 0.360 e. The Bertz CT molecular complexity index is 1310. The Balaban J connectivity index is 1.99. The van der Waals surface area contributed by atoms with Crippen molar-refractivity contribution in [3.8, 4) is 5.75 Å². The Labute approximate surface area is 179 Å². The second-order valence-electron chi connectivity index (χ2n) is 7.36. The molecule has 0 aliphatic rings. The van der Waals surface area contributed by atoms with Crippen molar-refractivity contribution >= 4 is 16.9 Å². The molecule has 1 N–H and O–H groups in total. The van der Waals surface area contributed by atoms with Gasteiger partial charge in [-0.1, -0.05) is 60.7 Å². The van der Waals surface area contributed by atoms with E-state index in [0.29, 0.717) is 35.1 Å². The Morgan fingerprint density at radius 1 is 1.03 bits per heavy atom. The average molecular weight is 414 g/mol. The predicted molar refractivity (Wildman–Crippen MR) is 119 cm³/mol. The van der Waals surface area contributed by atoms with E-state index in [2.05, 4.69) is 4.98 Å². The summed E-state index contributed by atoms with van der Waals surface area (Å²) in [4.78, 5) is 29.9. The fourth-order valence-corrected chi connectivity index (χ4v) is 3.79. The van der Waals surface area contributed by atoms with Gasteiger partial charge in [-0.2, -0.15) is 0 Å². The van der Waals surface area contributed by atoms with Gasteiger partial charge in [0.05, 0.1) is 24.9 Å². The standard InChI is InChI=1S/C25H22N2O4/c1-16-22-20(23(28)21(26-16)25(30)31-2)14-19(13-17-9-5-3-6-10-17)24(29)27(22)15-18-11-7-4-8-12-18/h3-12,14,28H,13,15H2,1-2H3. The molecule has 2 heterocycles. The molecule has 2 aromatic heterocycles. The van der Waals surface area contributed by atoms with E-state index in [4.69, 9.17) is 4.74 Å². The van der Waals surface area contributed by atoms with Crippen molar-refractivity contribution in [2.45, 2.75) is 19.9 Å². The third-order valence-corrected chi connectivity index (χ3v) is 5.26. The molecule has 0 radical (unpaired) electrons. The van der Waals surface area contributed by atoms with Gasteiger partial charge in [0.2, 0.25) is 0 Å². The lowest BCUT2D eigenvalue weighted by atomic mass is 10.0. The summed E-state index contributed by atoms with van der Waals surface area (Å²) < 4.78 is 6.38. The topological polar surface area (TPSA) is 81.4 Å². The van der Waals surface area contributed by atoms with E-state index in [1.54, 1.807) is 17.6 Å². The number of carbonyl (C=O) groups excluding carboxylic acids is 1. The van der Waals surface area contributed by atoms with Crippen LogP contribution in [0.3, 0.4) is 0 Å². The Morgan fingerprint density at radius 2 is 1.65 bits per heavy atom. The van der Waals surface area contributed by atoms with Crippen LogP contribution >= 0.6 is 0 Å². The maximum absolute atomic E-state index is 13.5. The molecule has 0 spiro atoms. The highest BCUT2D eigenvalue weighted by Crippen LogP contribution is 2.30. The number of ether oxygens (including phenoxy) is 1. The number of aromatic nitrogens is 2. The van der Waals surface area contributed by atoms with E-state index in [9.17, 15) is 14.7 Å². The number of aromatic hydroxyl groups is 1. The largest absolute Gasteiger partial charge is 0.505 e. The number of pyridine rings is 2. The van der Waals surface area contributed by atoms with Gasteiger partial charge in [-0.3, -0.25) is 4.79 Å². The maximum Gasteiger partial charge on any atom is 0.360 e. The maximum atomic E-state index is 13.5. The van der Waals surface area contributed by atoms with Gasteiger partial charge in [0, 0.05) is 17.4 Å². The van der Waals surface area contributed by atoms with Crippen molar-refractivity contribution in [1.29, 1.82) is 0 Å². The zero-order valence-electron chi connectivity index (χ0n) is 17.3. The first-order valence-corrected chi connectivity index (χ1v) is 9.91. The average Bonchev–Trinajstić information content (AvgIpc) is 2.79. The van der Waals surface area contributed by atoms with Crippen LogP contribution in [0, 0.1) is 6.92 Å². The van der Waals surface area contributed by atoms with Crippen molar-refractivity contribution in [3.05, 3.63) is 105 Å². The molecule has 0 amide bonds. The molecule has 0 fully saturated rings. The van der Waals surface area contributed by atoms with Gasteiger partial charge < -0.3 is 14.4 Å². The van der Waals surface area contributed by atoms with Gasteiger partial charge in [0.1, 0.15) is 0 Å². The van der Waals surface area contributed by atoms with E-state index in [-0.39, 0.29) is 17.0 Å². The van der Waals surface area contributed by atoms with Crippen molar-refractivity contribution in [1.82, 2.24) is 9.55 Å². The van der Waals surface area contributed by atoms with Crippen LogP contribution in [0.1, 0.15) is 32.9 Å². The predicted octanol–water partition coefficient (Wildman–Crippen LogP) is 3.84. The number of rotatable bonds is 5. The fourth-order valence-electron chi connectivity index (χ4n) is 3.79. The minimum Gasteiger partial charge on any atom is -0.505 e. The minimum atomic E-state index is -0.729. The second-order valence-corrected chi connectivity index (χ2v) is 7.36. The first kappa shape index (κ1) is 20.3. The number of aryl methyl sites for hydroxylation is 1. The summed E-state index contributed by atoms with van der Waals surface area (Å²) in [6.45, 7) is 2.03. The van der Waals surface area contributed by atoms with Crippen LogP contribution in [0.2, 0.25) is 0 Å². The number of carbonyl (C=O) groups is 1. The van der Waals surface area contributed by atoms with Crippen molar-refractivity contribution in [2.75, 3.05) is 7.11 Å². The van der Waals surface area contributed by atoms with Crippen LogP contribution in [-0.2, 0) is 17.7 Å². The lowest BCUT2D eigenvalue weighted by molar-refractivity contribution is 0.0590. The van der Waals surface area contributed by atoms with E-state index in [0.717, 1.165) is 11.1 Å². The SMILES string of the molecule is COC(=O)c1nc(C)c2c(cc(Cc3ccccc3)c(=O)n2Cc2ccccc2)c1O. The lowest BCUT2D eigenvalue weighted by Gasteiger charge is -2.17. The number of methoxy groups -OCH3 is 1. The molecule has 0 bridgehead atoms. The number of esters is 1. The number of hydrogen-bond acceptors (Lipinski definition) is 5. The first-order valence-electron chi connectivity index (χ1n) is 9.91. The van der Waals surface area contributed by atoms with Gasteiger partial charge in [-0.15, -0.1) is 0 Å². The first-order chi connectivity index (χ1) is 15.0. The summed E-state index contributed by atoms with van der Waals surface area (Å²) in [5.41, 5.74) is 3.08. The Kier molecular flexibility index (Phi) is 5.54. The highest BCUT2D eigenvalue weighted by atomic mass is 16.5. The molecule has 0 saturated heterocycles. The summed E-state index contributed by atoms with van der Waals surface area (Å²) in [6, 6.07) is 20.9. The molecular weight excluding hydrogens is 392 g/mol. The number of benzene rings is 2. The van der Waals surface area contributed by atoms with Gasteiger partial charge in [-0.05, 0) is 24.1 Å². The number of nitrogens with zero attached hydrogens (tertiary/aromatic N) is 2. The van der Waals surface area contributed by atoms with Crippen LogP contribution in [0.25, 0.3) is 10.9 Å². The zero-order valence-corrected chi connectivity index (χ0v) is 17.3. The van der Waals surface area contributed by atoms with Gasteiger partial charge >= 0.3 is 5.97 Å². The van der Waals surface area contributed by atoms with E-state index >= 15 is 0 Å². The molecule has 0 aliphatic heterocycles. The van der Waals surface area contributed by atoms with E-state index in [1.165, 1.54) is 7.11 Å². The highest BCUT2D eigenvalue weighted by Gasteiger charge is 2.22. The summed E-state index contributed by atoms with van der Waals surface area (Å²) in [7, 11) is 1.24. The molecule has 2 aromatic carbocycles. The lowest BCUT2D eigenvalue weighted by Crippen LogP contribution is -2.26. The van der Waals surface area contributed by atoms with Gasteiger partial charge in [-0.25, -0.2) is 9.78 Å². The van der Waals surface area contributed by atoms with Gasteiger partial charge in [0.15, 0.2) is 11.4 Å². The monoisotopic (exact) mass is 414 g/mol. The molecular formula is C25H22N2O4. The molecule has 156 valence electrons. The Hall–Kier alpha value is -3.93. The van der Waals surface area contributed by atoms with Crippen molar-refractivity contribution in [2.24, 2.45) is 0 Å². The normalized spacial score (nSPS) is 10.9. The van der Waals surface area contributed by atoms with Gasteiger partial charge in [0.25, 0.3) is 5.56 Å². The fraction of sp³-hybridized carbons (Fsp3) is 0.160. The number of hydrogen-bond donors (Lipinski definition) is 1. The highest BCUT2D eigenvalue weighted by molar-refractivity contribution is 5.99. The molecule has 0 aliphatic carbocycles. The summed E-state index contributed by atoms with van der Waals surface area (Å²) in [5.74, 6) is -1.02. The third kappa shape index (κ3) is 3.92. The van der Waals surface area contributed by atoms with E-state index in [1.807, 2.05) is 60.7 Å². The molecule has 6 nitrogen and oxygen atoms in total. The van der Waals surface area contributed by atoms with Crippen LogP contribution in [0.5, 0.6) is 5.75 Å². The zero-order chi connectivity index (χ0) is 22.0. The van der Waals surface area contributed by atoms with Crippen molar-refractivity contribution in [3.63, 3.8) is 0 Å². The minimum absolute atomic E-state index is 0.157. The quantitative estimate of drug-likeness (QED) is 0.502. The molecule has 6 heteroatoms. The van der Waals surface area contributed by atoms with Crippen LogP contribution in [0.15, 0.2) is 71.5 Å². The summed E-state index contributed by atoms with van der Waals surface area (Å²) >= 11 is 0. The molecule has 0 unspecified atom stereocenters. The van der Waals surface area contributed by atoms with Crippen LogP contribution in [-0.4, -0.2) is 27.7 Å². The van der Waals surface area contributed by atoms with Crippen LogP contribution < -0.4 is 5.56 Å². The molecule has 4 aromatic rings. The summed E-state index contributed by atoms with van der Waals surface area (Å²) in [6.07, 6.45) is 0.402. The van der Waals surface area contributed by atoms with E-state index < -0.39 is 5.97 Å². The van der Waals surface area contributed by atoms with Crippen molar-refractivity contribution < 1.29 is 14.6 Å². The Morgan fingerprint density at radius 3 is 2.26 bits per heavy atom. The molecule has 0 atom stereocenters. The molecule has 31 heavy (non-hydrogen) atoms. The number of fused-ring (bicyclic) bond motifs is 1. The third-order valence-electron chi connectivity index (χ3n) is 5.26. The molecule has 0 saturated carbocycles.